The first-order chi connectivity index (χ1) is 10.2. The van der Waals surface area contributed by atoms with E-state index in [-0.39, 0.29) is 18.3 Å². The predicted molar refractivity (Wildman–Crippen MR) is 80.4 cm³/mol. The van der Waals surface area contributed by atoms with Gasteiger partial charge in [0.2, 0.25) is 0 Å². The van der Waals surface area contributed by atoms with E-state index in [1.54, 1.807) is 4.90 Å². The molecule has 118 valence electrons. The normalized spacial score (nSPS) is 15.0. The van der Waals surface area contributed by atoms with Gasteiger partial charge in [-0.3, -0.25) is 0 Å². The van der Waals surface area contributed by atoms with Crippen LogP contribution >= 0.6 is 0 Å². The van der Waals surface area contributed by atoms with Gasteiger partial charge in [0.15, 0.2) is 0 Å². The van der Waals surface area contributed by atoms with Gasteiger partial charge in [-0.05, 0) is 49.9 Å². The summed E-state index contributed by atoms with van der Waals surface area (Å²) in [6.45, 7) is 3.70. The molecule has 0 radical (unpaired) electrons. The first kappa shape index (κ1) is 16.2. The van der Waals surface area contributed by atoms with Gasteiger partial charge in [-0.2, -0.15) is 0 Å². The number of nitrogens with zero attached hydrogens (tertiary/aromatic N) is 1. The molecule has 0 amide bonds. The predicted octanol–water partition coefficient (Wildman–Crippen LogP) is 2.82. The molecule has 0 atom stereocenters. The standard InChI is InChI=1S/C16H24F2N2O/c1-2-19-11-12-9-14(17)16(15(18)10-12)20(7-4-8-21)13-5-3-6-13/h9-10,13,19,21H,2-8,11H2,1H3. The molecule has 3 nitrogen and oxygen atoms in total. The summed E-state index contributed by atoms with van der Waals surface area (Å²) in [7, 11) is 0. The second-order valence-electron chi connectivity index (χ2n) is 5.54. The molecule has 21 heavy (non-hydrogen) atoms. The third-order valence-corrected chi connectivity index (χ3v) is 4.02. The van der Waals surface area contributed by atoms with Gasteiger partial charge in [0.1, 0.15) is 17.3 Å². The van der Waals surface area contributed by atoms with Gasteiger partial charge < -0.3 is 15.3 Å². The Hall–Kier alpha value is -1.20. The van der Waals surface area contributed by atoms with Crippen LogP contribution in [0.4, 0.5) is 14.5 Å². The second-order valence-corrected chi connectivity index (χ2v) is 5.54. The maximum absolute atomic E-state index is 14.4. The maximum atomic E-state index is 14.4. The highest BCUT2D eigenvalue weighted by atomic mass is 19.1. The molecule has 5 heteroatoms. The molecule has 0 spiro atoms. The molecule has 1 aromatic carbocycles. The Labute approximate surface area is 125 Å². The van der Waals surface area contributed by atoms with Crippen molar-refractivity contribution in [3.63, 3.8) is 0 Å². The van der Waals surface area contributed by atoms with Crippen molar-refractivity contribution in [2.24, 2.45) is 0 Å². The molecule has 0 unspecified atom stereocenters. The number of halogens is 2. The van der Waals surface area contributed by atoms with Gasteiger partial charge >= 0.3 is 0 Å². The van der Waals surface area contributed by atoms with Crippen LogP contribution < -0.4 is 10.2 Å². The molecule has 1 aliphatic carbocycles. The highest BCUT2D eigenvalue weighted by Gasteiger charge is 2.29. The summed E-state index contributed by atoms with van der Waals surface area (Å²) < 4.78 is 28.7. The minimum atomic E-state index is -0.507. The van der Waals surface area contributed by atoms with E-state index >= 15 is 0 Å². The minimum Gasteiger partial charge on any atom is -0.396 e. The van der Waals surface area contributed by atoms with E-state index < -0.39 is 11.6 Å². The van der Waals surface area contributed by atoms with E-state index in [9.17, 15) is 8.78 Å². The molecule has 0 bridgehead atoms. The van der Waals surface area contributed by atoms with Crippen molar-refractivity contribution in [1.29, 1.82) is 0 Å². The van der Waals surface area contributed by atoms with Crippen LogP contribution in [0.5, 0.6) is 0 Å². The Balaban J connectivity index is 2.22. The number of aliphatic hydroxyl groups excluding tert-OH is 1. The Morgan fingerprint density at radius 3 is 2.43 bits per heavy atom. The lowest BCUT2D eigenvalue weighted by molar-refractivity contribution is 0.282. The zero-order valence-corrected chi connectivity index (χ0v) is 12.5. The van der Waals surface area contributed by atoms with Crippen LogP contribution in [0, 0.1) is 11.6 Å². The molecule has 2 rings (SSSR count). The molecular weight excluding hydrogens is 274 g/mol. The quantitative estimate of drug-likeness (QED) is 0.774. The molecule has 1 aromatic rings. The van der Waals surface area contributed by atoms with E-state index in [1.807, 2.05) is 6.92 Å². The average Bonchev–Trinajstić information content (AvgIpc) is 2.39. The van der Waals surface area contributed by atoms with Crippen LogP contribution in [-0.4, -0.2) is 30.8 Å². The van der Waals surface area contributed by atoms with Crippen molar-refractivity contribution in [2.75, 3.05) is 24.6 Å². The Morgan fingerprint density at radius 1 is 1.29 bits per heavy atom. The van der Waals surface area contributed by atoms with Gasteiger partial charge in [0, 0.05) is 25.7 Å². The number of hydrogen-bond donors (Lipinski definition) is 2. The zero-order chi connectivity index (χ0) is 15.2. The van der Waals surface area contributed by atoms with E-state index in [0.29, 0.717) is 25.1 Å². The molecule has 2 N–H and O–H groups in total. The fourth-order valence-electron chi connectivity index (χ4n) is 2.68. The largest absolute Gasteiger partial charge is 0.396 e. The molecule has 0 heterocycles. The Morgan fingerprint density at radius 2 is 1.95 bits per heavy atom. The van der Waals surface area contributed by atoms with Gasteiger partial charge in [0.05, 0.1) is 0 Å². The van der Waals surface area contributed by atoms with Crippen molar-refractivity contribution in [2.45, 2.75) is 45.2 Å². The summed E-state index contributed by atoms with van der Waals surface area (Å²) >= 11 is 0. The summed E-state index contributed by atoms with van der Waals surface area (Å²) in [5.74, 6) is -1.01. The lowest BCUT2D eigenvalue weighted by Crippen LogP contribution is -2.42. The van der Waals surface area contributed by atoms with E-state index in [1.165, 1.54) is 12.1 Å². The number of anilines is 1. The molecule has 0 saturated heterocycles. The van der Waals surface area contributed by atoms with Crippen molar-refractivity contribution in [3.8, 4) is 0 Å². The van der Waals surface area contributed by atoms with Crippen LogP contribution in [0.15, 0.2) is 12.1 Å². The molecule has 0 aliphatic heterocycles. The van der Waals surface area contributed by atoms with Crippen LogP contribution in [0.1, 0.15) is 38.2 Å². The fourth-order valence-corrected chi connectivity index (χ4v) is 2.68. The Bertz CT molecular complexity index is 441. The van der Waals surface area contributed by atoms with Gasteiger partial charge in [0.25, 0.3) is 0 Å². The molecule has 1 saturated carbocycles. The summed E-state index contributed by atoms with van der Waals surface area (Å²) in [5.41, 5.74) is 0.680. The van der Waals surface area contributed by atoms with Crippen molar-refractivity contribution in [3.05, 3.63) is 29.3 Å². The number of hydrogen-bond acceptors (Lipinski definition) is 3. The van der Waals surface area contributed by atoms with Crippen molar-refractivity contribution in [1.82, 2.24) is 5.32 Å². The summed E-state index contributed by atoms with van der Waals surface area (Å²) in [5, 5.41) is 12.1. The van der Waals surface area contributed by atoms with E-state index in [0.717, 1.165) is 25.8 Å². The second kappa shape index (κ2) is 7.71. The van der Waals surface area contributed by atoms with Crippen molar-refractivity contribution < 1.29 is 13.9 Å². The van der Waals surface area contributed by atoms with Gasteiger partial charge in [-0.15, -0.1) is 0 Å². The molecule has 1 fully saturated rings. The molecular formula is C16H24F2N2O. The van der Waals surface area contributed by atoms with E-state index in [4.69, 9.17) is 5.11 Å². The minimum absolute atomic E-state index is 0.0327. The topological polar surface area (TPSA) is 35.5 Å². The van der Waals surface area contributed by atoms with Crippen LogP contribution in [-0.2, 0) is 6.54 Å². The maximum Gasteiger partial charge on any atom is 0.149 e. The number of rotatable bonds is 8. The number of nitrogens with one attached hydrogen (secondary N) is 1. The third-order valence-electron chi connectivity index (χ3n) is 4.02. The van der Waals surface area contributed by atoms with E-state index in [2.05, 4.69) is 5.32 Å². The highest BCUT2D eigenvalue weighted by Crippen LogP contribution is 2.33. The third kappa shape index (κ3) is 3.92. The Kier molecular flexibility index (Phi) is 5.94. The highest BCUT2D eigenvalue weighted by molar-refractivity contribution is 5.52. The summed E-state index contributed by atoms with van der Waals surface area (Å²) in [6, 6.07) is 3.01. The van der Waals surface area contributed by atoms with Gasteiger partial charge in [-0.25, -0.2) is 8.78 Å². The molecule has 1 aliphatic rings. The first-order valence-electron chi connectivity index (χ1n) is 7.73. The average molecular weight is 298 g/mol. The number of aliphatic hydroxyl groups is 1. The smallest absolute Gasteiger partial charge is 0.149 e. The van der Waals surface area contributed by atoms with Crippen molar-refractivity contribution >= 4 is 5.69 Å². The lowest BCUT2D eigenvalue weighted by Gasteiger charge is -2.39. The SMILES string of the molecule is CCNCc1cc(F)c(N(CCCO)C2CCC2)c(F)c1. The number of benzene rings is 1. The molecule has 0 aromatic heterocycles. The lowest BCUT2D eigenvalue weighted by atomic mass is 9.90. The van der Waals surface area contributed by atoms with Crippen LogP contribution in [0.2, 0.25) is 0 Å². The summed E-state index contributed by atoms with van der Waals surface area (Å²) in [4.78, 5) is 1.79. The van der Waals surface area contributed by atoms with Gasteiger partial charge in [-0.1, -0.05) is 6.92 Å². The van der Waals surface area contributed by atoms with Crippen LogP contribution in [0.25, 0.3) is 0 Å². The first-order valence-corrected chi connectivity index (χ1v) is 7.73. The monoisotopic (exact) mass is 298 g/mol. The fraction of sp³-hybridized carbons (Fsp3) is 0.625. The zero-order valence-electron chi connectivity index (χ0n) is 12.5. The van der Waals surface area contributed by atoms with Crippen LogP contribution in [0.3, 0.4) is 0 Å². The summed E-state index contributed by atoms with van der Waals surface area (Å²) in [6.07, 6.45) is 3.55.